The number of carbonyl (C=O) groups is 1. The second kappa shape index (κ2) is 4.49. The Balaban J connectivity index is 2.25. The summed E-state index contributed by atoms with van der Waals surface area (Å²) >= 11 is 0. The summed E-state index contributed by atoms with van der Waals surface area (Å²) < 4.78 is 0. The molecule has 2 N–H and O–H groups in total. The molecule has 0 saturated carbocycles. The van der Waals surface area contributed by atoms with Gasteiger partial charge in [-0.15, -0.1) is 0 Å². The standard InChI is InChI=1S/C15H10N3O/c16-15(19)14-13-8-11(12-2-1-6-17-9-12)4-3-10(13)5-7-18-14/h1-6,8-9H,(H2,16,19). The molecule has 0 bridgehead atoms. The van der Waals surface area contributed by atoms with Crippen molar-refractivity contribution in [2.75, 3.05) is 0 Å². The molecule has 4 heteroatoms. The molecule has 0 aliphatic carbocycles. The number of hydrogen-bond donors (Lipinski definition) is 1. The first-order valence-corrected chi connectivity index (χ1v) is 5.77. The van der Waals surface area contributed by atoms with Crippen LogP contribution in [0.1, 0.15) is 10.5 Å². The minimum absolute atomic E-state index is 0.239. The van der Waals surface area contributed by atoms with E-state index >= 15 is 0 Å². The van der Waals surface area contributed by atoms with Gasteiger partial charge in [-0.25, -0.2) is 4.98 Å². The van der Waals surface area contributed by atoms with Gasteiger partial charge in [-0.3, -0.25) is 9.78 Å². The Kier molecular flexibility index (Phi) is 2.68. The Labute approximate surface area is 109 Å². The van der Waals surface area contributed by atoms with E-state index in [4.69, 9.17) is 5.73 Å². The highest BCUT2D eigenvalue weighted by molar-refractivity contribution is 6.05. The minimum atomic E-state index is -0.551. The minimum Gasteiger partial charge on any atom is -0.364 e. The number of rotatable bonds is 2. The lowest BCUT2D eigenvalue weighted by atomic mass is 10.0. The van der Waals surface area contributed by atoms with Crippen molar-refractivity contribution in [1.29, 1.82) is 0 Å². The zero-order valence-corrected chi connectivity index (χ0v) is 10.00. The van der Waals surface area contributed by atoms with E-state index in [1.54, 1.807) is 18.5 Å². The zero-order valence-electron chi connectivity index (χ0n) is 10.00. The molecule has 1 radical (unpaired) electrons. The largest absolute Gasteiger partial charge is 0.364 e. The molecule has 0 fully saturated rings. The lowest BCUT2D eigenvalue weighted by molar-refractivity contribution is 0.0997. The number of pyridine rings is 2. The Morgan fingerprint density at radius 3 is 2.84 bits per heavy atom. The van der Waals surface area contributed by atoms with Crippen LogP contribution in [0.15, 0.2) is 48.8 Å². The first-order valence-electron chi connectivity index (χ1n) is 5.77. The van der Waals surface area contributed by atoms with Crippen LogP contribution in [0.4, 0.5) is 0 Å². The van der Waals surface area contributed by atoms with Gasteiger partial charge in [0.1, 0.15) is 5.69 Å². The highest BCUT2D eigenvalue weighted by atomic mass is 16.1. The van der Waals surface area contributed by atoms with Crippen LogP contribution < -0.4 is 5.73 Å². The molecule has 19 heavy (non-hydrogen) atoms. The smallest absolute Gasteiger partial charge is 0.267 e. The van der Waals surface area contributed by atoms with Gasteiger partial charge in [0.25, 0.3) is 5.91 Å². The third-order valence-electron chi connectivity index (χ3n) is 2.93. The van der Waals surface area contributed by atoms with Crippen LogP contribution in [0.2, 0.25) is 0 Å². The molecule has 0 saturated heterocycles. The summed E-state index contributed by atoms with van der Waals surface area (Å²) in [4.78, 5) is 19.4. The average Bonchev–Trinajstić information content (AvgIpc) is 2.47. The summed E-state index contributed by atoms with van der Waals surface area (Å²) in [5, 5.41) is 1.61. The van der Waals surface area contributed by atoms with Crippen LogP contribution in [0.5, 0.6) is 0 Å². The van der Waals surface area contributed by atoms with Crippen LogP contribution in [-0.4, -0.2) is 15.9 Å². The van der Waals surface area contributed by atoms with Crippen LogP contribution >= 0.6 is 0 Å². The zero-order chi connectivity index (χ0) is 13.2. The van der Waals surface area contributed by atoms with Crippen molar-refractivity contribution in [1.82, 2.24) is 9.97 Å². The summed E-state index contributed by atoms with van der Waals surface area (Å²) in [6.07, 6.45) is 6.17. The number of carbonyl (C=O) groups excluding carboxylic acids is 1. The monoisotopic (exact) mass is 248 g/mol. The van der Waals surface area contributed by atoms with E-state index in [-0.39, 0.29) is 5.69 Å². The van der Waals surface area contributed by atoms with Gasteiger partial charge in [0.05, 0.1) is 6.20 Å². The van der Waals surface area contributed by atoms with E-state index < -0.39 is 5.91 Å². The van der Waals surface area contributed by atoms with Crippen molar-refractivity contribution < 1.29 is 4.79 Å². The first kappa shape index (κ1) is 11.3. The maximum absolute atomic E-state index is 11.4. The summed E-state index contributed by atoms with van der Waals surface area (Å²) in [7, 11) is 0. The molecular formula is C15H10N3O. The number of fused-ring (bicyclic) bond motifs is 1. The highest BCUT2D eigenvalue weighted by Gasteiger charge is 2.09. The van der Waals surface area contributed by atoms with Gasteiger partial charge in [-0.2, -0.15) is 0 Å². The van der Waals surface area contributed by atoms with Crippen molar-refractivity contribution in [3.05, 3.63) is 60.7 Å². The van der Waals surface area contributed by atoms with Crippen molar-refractivity contribution in [3.63, 3.8) is 0 Å². The number of aromatic nitrogens is 2. The van der Waals surface area contributed by atoms with Crippen LogP contribution in [0.3, 0.4) is 0 Å². The molecule has 3 aromatic rings. The van der Waals surface area contributed by atoms with Gasteiger partial charge in [0.2, 0.25) is 0 Å². The predicted octanol–water partition coefficient (Wildman–Crippen LogP) is 2.20. The van der Waals surface area contributed by atoms with E-state index in [1.165, 1.54) is 0 Å². The predicted molar refractivity (Wildman–Crippen MR) is 72.3 cm³/mol. The normalized spacial score (nSPS) is 10.5. The molecule has 4 nitrogen and oxygen atoms in total. The number of nitrogens with two attached hydrogens (primary N) is 1. The van der Waals surface area contributed by atoms with Gasteiger partial charge < -0.3 is 5.73 Å². The summed E-state index contributed by atoms with van der Waals surface area (Å²) in [5.74, 6) is -0.551. The quantitative estimate of drug-likeness (QED) is 0.755. The molecular weight excluding hydrogens is 238 g/mol. The van der Waals surface area contributed by atoms with Crippen molar-refractivity contribution in [3.8, 4) is 11.1 Å². The molecule has 0 unspecified atom stereocenters. The molecule has 91 valence electrons. The fourth-order valence-corrected chi connectivity index (χ4v) is 2.01. The summed E-state index contributed by atoms with van der Waals surface area (Å²) in [6.45, 7) is 0. The highest BCUT2D eigenvalue weighted by Crippen LogP contribution is 2.24. The van der Waals surface area contributed by atoms with Crippen LogP contribution in [0.25, 0.3) is 21.9 Å². The van der Waals surface area contributed by atoms with Crippen molar-refractivity contribution >= 4 is 16.7 Å². The van der Waals surface area contributed by atoms with E-state index in [0.717, 1.165) is 21.9 Å². The van der Waals surface area contributed by atoms with Crippen molar-refractivity contribution in [2.24, 2.45) is 5.73 Å². The van der Waals surface area contributed by atoms with Crippen LogP contribution in [-0.2, 0) is 0 Å². The number of nitrogens with zero attached hydrogens (tertiary/aromatic N) is 2. The average molecular weight is 248 g/mol. The fraction of sp³-hybridized carbons (Fsp3) is 0. The van der Waals surface area contributed by atoms with Gasteiger partial charge in [0, 0.05) is 23.3 Å². The van der Waals surface area contributed by atoms with E-state index in [9.17, 15) is 4.79 Å². The SMILES string of the molecule is NC(=O)c1n[c]cc2ccc(-c3cccnc3)cc12. The first-order chi connectivity index (χ1) is 9.25. The second-order valence-electron chi connectivity index (χ2n) is 4.14. The van der Waals surface area contributed by atoms with Gasteiger partial charge in [0.15, 0.2) is 0 Å². The Bertz CT molecular complexity index is 754. The molecule has 2 heterocycles. The van der Waals surface area contributed by atoms with Crippen LogP contribution in [0, 0.1) is 6.20 Å². The number of amides is 1. The topological polar surface area (TPSA) is 68.9 Å². The lowest BCUT2D eigenvalue weighted by Gasteiger charge is -2.05. The number of primary amides is 1. The molecule has 0 spiro atoms. The third-order valence-corrected chi connectivity index (χ3v) is 2.93. The van der Waals surface area contributed by atoms with E-state index in [2.05, 4.69) is 16.2 Å². The van der Waals surface area contributed by atoms with E-state index in [1.807, 2.05) is 30.3 Å². The van der Waals surface area contributed by atoms with Gasteiger partial charge >= 0.3 is 0 Å². The summed E-state index contributed by atoms with van der Waals surface area (Å²) in [6, 6.07) is 11.3. The molecule has 0 atom stereocenters. The third kappa shape index (κ3) is 2.04. The Hall–Kier alpha value is -2.75. The number of hydrogen-bond acceptors (Lipinski definition) is 3. The molecule has 2 aromatic heterocycles. The molecule has 0 aliphatic heterocycles. The molecule has 0 aliphatic rings. The lowest BCUT2D eigenvalue weighted by Crippen LogP contribution is -2.13. The van der Waals surface area contributed by atoms with Crippen molar-refractivity contribution in [2.45, 2.75) is 0 Å². The van der Waals surface area contributed by atoms with E-state index in [0.29, 0.717) is 0 Å². The maximum Gasteiger partial charge on any atom is 0.267 e. The van der Waals surface area contributed by atoms with Gasteiger partial charge in [-0.05, 0) is 29.1 Å². The molecule has 3 rings (SSSR count). The Morgan fingerprint density at radius 2 is 2.11 bits per heavy atom. The summed E-state index contributed by atoms with van der Waals surface area (Å²) in [5.41, 5.74) is 7.52. The second-order valence-corrected chi connectivity index (χ2v) is 4.14. The maximum atomic E-state index is 11.4. The fourth-order valence-electron chi connectivity index (χ4n) is 2.01. The molecule has 1 amide bonds. The molecule has 1 aromatic carbocycles. The Morgan fingerprint density at radius 1 is 1.21 bits per heavy atom. The number of benzene rings is 1. The van der Waals surface area contributed by atoms with Gasteiger partial charge in [-0.1, -0.05) is 18.2 Å².